The van der Waals surface area contributed by atoms with Gasteiger partial charge in [0, 0.05) is 23.8 Å². The highest BCUT2D eigenvalue weighted by molar-refractivity contribution is 5.68. The first kappa shape index (κ1) is 16.1. The SMILES string of the molecule is CC(C)(C)OC(=O)NC1CC(NC2CCc3cc(N)ccc32)C1. The van der Waals surface area contributed by atoms with Crippen LogP contribution in [0, 0.1) is 0 Å². The molecule has 1 saturated carbocycles. The van der Waals surface area contributed by atoms with Crippen LogP contribution in [0.15, 0.2) is 18.2 Å². The van der Waals surface area contributed by atoms with Gasteiger partial charge < -0.3 is 21.1 Å². The third-order valence-corrected chi connectivity index (χ3v) is 4.54. The summed E-state index contributed by atoms with van der Waals surface area (Å²) in [7, 11) is 0. The first-order chi connectivity index (χ1) is 10.8. The fraction of sp³-hybridized carbons (Fsp3) is 0.611. The first-order valence-electron chi connectivity index (χ1n) is 8.44. The molecule has 5 heteroatoms. The van der Waals surface area contributed by atoms with Crippen LogP contribution in [0.2, 0.25) is 0 Å². The molecule has 2 aliphatic rings. The minimum atomic E-state index is -0.444. The summed E-state index contributed by atoms with van der Waals surface area (Å²) in [6.07, 6.45) is 3.81. The lowest BCUT2D eigenvalue weighted by atomic mass is 9.86. The fourth-order valence-corrected chi connectivity index (χ4v) is 3.44. The van der Waals surface area contributed by atoms with Crippen LogP contribution in [0.25, 0.3) is 0 Å². The number of carbonyl (C=O) groups excluding carboxylic acids is 1. The van der Waals surface area contributed by atoms with E-state index in [2.05, 4.69) is 22.8 Å². The summed E-state index contributed by atoms with van der Waals surface area (Å²) in [6.45, 7) is 5.63. The Morgan fingerprint density at radius 2 is 2.00 bits per heavy atom. The largest absolute Gasteiger partial charge is 0.444 e. The van der Waals surface area contributed by atoms with Crippen molar-refractivity contribution in [1.29, 1.82) is 0 Å². The molecule has 2 aliphatic carbocycles. The molecule has 0 saturated heterocycles. The molecule has 126 valence electrons. The van der Waals surface area contributed by atoms with Crippen molar-refractivity contribution in [3.63, 3.8) is 0 Å². The van der Waals surface area contributed by atoms with Gasteiger partial charge in [0.2, 0.25) is 0 Å². The van der Waals surface area contributed by atoms with Crippen LogP contribution in [-0.2, 0) is 11.2 Å². The molecule has 1 amide bonds. The minimum Gasteiger partial charge on any atom is -0.444 e. The van der Waals surface area contributed by atoms with Crippen molar-refractivity contribution >= 4 is 11.8 Å². The summed E-state index contributed by atoms with van der Waals surface area (Å²) in [6, 6.07) is 7.30. The van der Waals surface area contributed by atoms with Crippen molar-refractivity contribution in [2.24, 2.45) is 0 Å². The minimum absolute atomic E-state index is 0.217. The van der Waals surface area contributed by atoms with Gasteiger partial charge in [-0.05, 0) is 69.7 Å². The standard InChI is InChI=1S/C18H27N3O2/c1-18(2,3)23-17(22)21-14-9-13(10-14)20-16-7-4-11-8-12(19)5-6-15(11)16/h5-6,8,13-14,16,20H,4,7,9-10,19H2,1-3H3,(H,21,22). The van der Waals surface area contributed by atoms with E-state index in [0.717, 1.165) is 31.4 Å². The number of alkyl carbamates (subject to hydrolysis) is 1. The molecule has 1 aromatic carbocycles. The average Bonchev–Trinajstić information content (AvgIpc) is 2.76. The maximum Gasteiger partial charge on any atom is 0.407 e. The highest BCUT2D eigenvalue weighted by Crippen LogP contribution is 2.34. The van der Waals surface area contributed by atoms with Gasteiger partial charge in [0.15, 0.2) is 0 Å². The van der Waals surface area contributed by atoms with Crippen LogP contribution in [0.5, 0.6) is 0 Å². The molecule has 1 fully saturated rings. The van der Waals surface area contributed by atoms with Gasteiger partial charge in [-0.2, -0.15) is 0 Å². The summed E-state index contributed by atoms with van der Waals surface area (Å²) in [5, 5.41) is 6.65. The Bertz CT molecular complexity index is 588. The van der Waals surface area contributed by atoms with Crippen molar-refractivity contribution in [2.45, 2.75) is 70.2 Å². The molecular formula is C18H27N3O2. The maximum atomic E-state index is 11.7. The van der Waals surface area contributed by atoms with E-state index in [-0.39, 0.29) is 12.1 Å². The zero-order chi connectivity index (χ0) is 16.6. The number of rotatable bonds is 3. The number of nitrogens with two attached hydrogens (primary N) is 1. The van der Waals surface area contributed by atoms with Gasteiger partial charge in [-0.25, -0.2) is 4.79 Å². The molecule has 5 nitrogen and oxygen atoms in total. The third-order valence-electron chi connectivity index (χ3n) is 4.54. The summed E-state index contributed by atoms with van der Waals surface area (Å²) in [5.74, 6) is 0. The number of hydrogen-bond acceptors (Lipinski definition) is 4. The van der Waals surface area contributed by atoms with Crippen LogP contribution in [0.3, 0.4) is 0 Å². The van der Waals surface area contributed by atoms with Gasteiger partial charge in [-0.15, -0.1) is 0 Å². The molecule has 0 radical (unpaired) electrons. The second-order valence-electron chi connectivity index (χ2n) is 7.73. The second-order valence-corrected chi connectivity index (χ2v) is 7.73. The van der Waals surface area contributed by atoms with Gasteiger partial charge in [0.25, 0.3) is 0 Å². The number of amides is 1. The Hall–Kier alpha value is -1.75. The summed E-state index contributed by atoms with van der Waals surface area (Å²) in [4.78, 5) is 11.7. The zero-order valence-electron chi connectivity index (χ0n) is 14.2. The van der Waals surface area contributed by atoms with Gasteiger partial charge in [0.05, 0.1) is 0 Å². The number of anilines is 1. The van der Waals surface area contributed by atoms with Crippen LogP contribution < -0.4 is 16.4 Å². The molecule has 1 unspecified atom stereocenters. The van der Waals surface area contributed by atoms with Gasteiger partial charge >= 0.3 is 6.09 Å². The third kappa shape index (κ3) is 3.96. The number of aryl methyl sites for hydroxylation is 1. The van der Waals surface area contributed by atoms with E-state index in [4.69, 9.17) is 10.5 Å². The molecular weight excluding hydrogens is 290 g/mol. The molecule has 23 heavy (non-hydrogen) atoms. The Morgan fingerprint density at radius 3 is 2.70 bits per heavy atom. The van der Waals surface area contributed by atoms with E-state index in [1.165, 1.54) is 11.1 Å². The molecule has 1 aromatic rings. The number of benzene rings is 1. The van der Waals surface area contributed by atoms with Gasteiger partial charge in [0.1, 0.15) is 5.60 Å². The average molecular weight is 317 g/mol. The first-order valence-corrected chi connectivity index (χ1v) is 8.44. The van der Waals surface area contributed by atoms with Crippen molar-refractivity contribution in [1.82, 2.24) is 10.6 Å². The number of nitrogen functional groups attached to an aromatic ring is 1. The summed E-state index contributed by atoms with van der Waals surface area (Å²) >= 11 is 0. The normalized spacial score (nSPS) is 26.3. The molecule has 0 spiro atoms. The van der Waals surface area contributed by atoms with E-state index in [1.54, 1.807) is 0 Å². The number of ether oxygens (including phenoxy) is 1. The van der Waals surface area contributed by atoms with Crippen LogP contribution in [-0.4, -0.2) is 23.8 Å². The Labute approximate surface area is 138 Å². The lowest BCUT2D eigenvalue weighted by Gasteiger charge is -2.38. The smallest absolute Gasteiger partial charge is 0.407 e. The van der Waals surface area contributed by atoms with E-state index in [0.29, 0.717) is 12.1 Å². The van der Waals surface area contributed by atoms with Crippen molar-refractivity contribution in [2.75, 3.05) is 5.73 Å². The lowest BCUT2D eigenvalue weighted by Crippen LogP contribution is -2.53. The number of nitrogens with one attached hydrogen (secondary N) is 2. The van der Waals surface area contributed by atoms with E-state index in [1.807, 2.05) is 26.8 Å². The van der Waals surface area contributed by atoms with Crippen molar-refractivity contribution in [3.8, 4) is 0 Å². The van der Waals surface area contributed by atoms with Gasteiger partial charge in [-0.3, -0.25) is 0 Å². The summed E-state index contributed by atoms with van der Waals surface area (Å²) < 4.78 is 5.29. The lowest BCUT2D eigenvalue weighted by molar-refractivity contribution is 0.0463. The molecule has 1 atom stereocenters. The Balaban J connectivity index is 1.44. The molecule has 0 aromatic heterocycles. The molecule has 3 rings (SSSR count). The van der Waals surface area contributed by atoms with Crippen LogP contribution in [0.1, 0.15) is 57.2 Å². The predicted octanol–water partition coefficient (Wildman–Crippen LogP) is 2.90. The highest BCUT2D eigenvalue weighted by atomic mass is 16.6. The quantitative estimate of drug-likeness (QED) is 0.749. The molecule has 0 heterocycles. The number of hydrogen-bond donors (Lipinski definition) is 3. The van der Waals surface area contributed by atoms with Crippen molar-refractivity contribution in [3.05, 3.63) is 29.3 Å². The monoisotopic (exact) mass is 317 g/mol. The summed E-state index contributed by atoms with van der Waals surface area (Å²) in [5.41, 5.74) is 8.99. The van der Waals surface area contributed by atoms with Gasteiger partial charge in [-0.1, -0.05) is 6.07 Å². The zero-order valence-corrected chi connectivity index (χ0v) is 14.2. The van der Waals surface area contributed by atoms with E-state index in [9.17, 15) is 4.79 Å². The van der Waals surface area contributed by atoms with Crippen LogP contribution >= 0.6 is 0 Å². The second kappa shape index (κ2) is 6.04. The van der Waals surface area contributed by atoms with Crippen LogP contribution in [0.4, 0.5) is 10.5 Å². The number of carbonyl (C=O) groups is 1. The van der Waals surface area contributed by atoms with E-state index < -0.39 is 5.60 Å². The topological polar surface area (TPSA) is 76.4 Å². The maximum absolute atomic E-state index is 11.7. The fourth-order valence-electron chi connectivity index (χ4n) is 3.44. The van der Waals surface area contributed by atoms with E-state index >= 15 is 0 Å². The van der Waals surface area contributed by atoms with Crippen molar-refractivity contribution < 1.29 is 9.53 Å². The highest BCUT2D eigenvalue weighted by Gasteiger charge is 2.34. The molecule has 4 N–H and O–H groups in total. The Kier molecular flexibility index (Phi) is 4.23. The Morgan fingerprint density at radius 1 is 1.26 bits per heavy atom. The molecule has 0 aliphatic heterocycles. The molecule has 0 bridgehead atoms. The predicted molar refractivity (Wildman–Crippen MR) is 91.2 cm³/mol. The number of fused-ring (bicyclic) bond motifs is 1.